The first-order chi connectivity index (χ1) is 8.25. The van der Waals surface area contributed by atoms with Gasteiger partial charge in [-0.05, 0) is 51.6 Å². The molecule has 2 aliphatic rings. The molecule has 2 fully saturated rings. The Morgan fingerprint density at radius 1 is 1.24 bits per heavy atom. The van der Waals surface area contributed by atoms with Gasteiger partial charge in [0.1, 0.15) is 0 Å². The minimum Gasteiger partial charge on any atom is -0.312 e. The molecule has 1 aliphatic heterocycles. The molecular weight excluding hydrogens is 228 g/mol. The van der Waals surface area contributed by atoms with Crippen LogP contribution in [0, 0.1) is 5.92 Å². The van der Waals surface area contributed by atoms with E-state index in [-0.39, 0.29) is 0 Å². The Labute approximate surface area is 111 Å². The third kappa shape index (κ3) is 4.46. The van der Waals surface area contributed by atoms with Crippen LogP contribution in [0.25, 0.3) is 0 Å². The molecule has 2 rings (SSSR count). The number of rotatable bonds is 4. The van der Waals surface area contributed by atoms with Crippen molar-refractivity contribution in [3.05, 3.63) is 0 Å². The van der Waals surface area contributed by atoms with Crippen molar-refractivity contribution in [3.8, 4) is 0 Å². The van der Waals surface area contributed by atoms with Crippen molar-refractivity contribution in [2.24, 2.45) is 5.92 Å². The van der Waals surface area contributed by atoms with Gasteiger partial charge in [-0.15, -0.1) is 0 Å². The fourth-order valence-electron chi connectivity index (χ4n) is 3.03. The van der Waals surface area contributed by atoms with Gasteiger partial charge in [-0.2, -0.15) is 11.8 Å². The molecule has 0 bridgehead atoms. The van der Waals surface area contributed by atoms with Crippen molar-refractivity contribution in [1.82, 2.24) is 10.2 Å². The number of nitrogens with zero attached hydrogens (tertiary/aromatic N) is 1. The van der Waals surface area contributed by atoms with E-state index in [1.165, 1.54) is 56.7 Å². The highest BCUT2D eigenvalue weighted by atomic mass is 32.2. The topological polar surface area (TPSA) is 15.3 Å². The van der Waals surface area contributed by atoms with Crippen LogP contribution in [-0.4, -0.2) is 48.6 Å². The first-order valence-electron chi connectivity index (χ1n) is 7.27. The lowest BCUT2D eigenvalue weighted by atomic mass is 9.86. The van der Waals surface area contributed by atoms with Crippen molar-refractivity contribution in [1.29, 1.82) is 0 Å². The Balaban J connectivity index is 1.64. The Morgan fingerprint density at radius 2 is 2.00 bits per heavy atom. The molecule has 17 heavy (non-hydrogen) atoms. The first-order valence-corrected chi connectivity index (χ1v) is 8.42. The van der Waals surface area contributed by atoms with Crippen LogP contribution in [0.15, 0.2) is 0 Å². The molecule has 1 aliphatic carbocycles. The highest BCUT2D eigenvalue weighted by Crippen LogP contribution is 2.26. The van der Waals surface area contributed by atoms with Gasteiger partial charge in [-0.25, -0.2) is 0 Å². The lowest BCUT2D eigenvalue weighted by Gasteiger charge is -2.34. The zero-order valence-corrected chi connectivity index (χ0v) is 12.3. The number of thioether (sulfide) groups is 1. The minimum atomic E-state index is 0.763. The van der Waals surface area contributed by atoms with Gasteiger partial charge in [-0.3, -0.25) is 0 Å². The summed E-state index contributed by atoms with van der Waals surface area (Å²) in [5, 5.41) is 3.64. The van der Waals surface area contributed by atoms with Gasteiger partial charge in [0.15, 0.2) is 0 Å². The van der Waals surface area contributed by atoms with Crippen molar-refractivity contribution in [2.75, 3.05) is 31.6 Å². The molecule has 1 saturated heterocycles. The zero-order chi connectivity index (χ0) is 12.1. The molecule has 1 heterocycles. The van der Waals surface area contributed by atoms with E-state index in [0.717, 1.165) is 18.0 Å². The number of nitrogens with one attached hydrogen (secondary N) is 1. The van der Waals surface area contributed by atoms with Crippen LogP contribution in [0.1, 0.15) is 39.0 Å². The Kier molecular flexibility index (Phi) is 5.64. The van der Waals surface area contributed by atoms with Gasteiger partial charge in [0, 0.05) is 30.1 Å². The molecule has 0 aromatic rings. The van der Waals surface area contributed by atoms with Crippen LogP contribution in [0.2, 0.25) is 0 Å². The van der Waals surface area contributed by atoms with Crippen LogP contribution in [0.5, 0.6) is 0 Å². The normalized spacial score (nSPS) is 35.1. The predicted molar refractivity (Wildman–Crippen MR) is 77.8 cm³/mol. The molecule has 1 N–H and O–H groups in total. The van der Waals surface area contributed by atoms with Crippen LogP contribution >= 0.6 is 11.8 Å². The molecule has 1 atom stereocenters. The SMILES string of the molecule is CC1CCC(N(C)CCC2CSCCN2)CC1. The summed E-state index contributed by atoms with van der Waals surface area (Å²) in [5.41, 5.74) is 0. The summed E-state index contributed by atoms with van der Waals surface area (Å²) < 4.78 is 0. The van der Waals surface area contributed by atoms with E-state index in [2.05, 4.69) is 35.9 Å². The quantitative estimate of drug-likeness (QED) is 0.832. The van der Waals surface area contributed by atoms with E-state index < -0.39 is 0 Å². The summed E-state index contributed by atoms with van der Waals surface area (Å²) in [4.78, 5) is 2.62. The average Bonchev–Trinajstić information content (AvgIpc) is 2.38. The molecule has 0 aromatic heterocycles. The van der Waals surface area contributed by atoms with Gasteiger partial charge >= 0.3 is 0 Å². The molecule has 0 amide bonds. The molecule has 1 unspecified atom stereocenters. The molecule has 0 aromatic carbocycles. The van der Waals surface area contributed by atoms with E-state index in [1.807, 2.05) is 0 Å². The highest BCUT2D eigenvalue weighted by Gasteiger charge is 2.22. The Hall–Kier alpha value is 0.270. The van der Waals surface area contributed by atoms with Gasteiger partial charge in [0.2, 0.25) is 0 Å². The van der Waals surface area contributed by atoms with Crippen LogP contribution < -0.4 is 5.32 Å². The standard InChI is InChI=1S/C14H28N2S/c1-12-3-5-14(6-4-12)16(2)9-7-13-11-17-10-8-15-13/h12-15H,3-11H2,1-2H3. The van der Waals surface area contributed by atoms with Crippen molar-refractivity contribution in [3.63, 3.8) is 0 Å². The third-order valence-electron chi connectivity index (χ3n) is 4.44. The first kappa shape index (κ1) is 13.7. The maximum absolute atomic E-state index is 3.64. The Bertz CT molecular complexity index is 208. The summed E-state index contributed by atoms with van der Waals surface area (Å²) >= 11 is 2.11. The van der Waals surface area contributed by atoms with E-state index >= 15 is 0 Å². The van der Waals surface area contributed by atoms with Crippen molar-refractivity contribution < 1.29 is 0 Å². The second-order valence-electron chi connectivity index (χ2n) is 5.91. The second-order valence-corrected chi connectivity index (χ2v) is 7.06. The molecule has 1 saturated carbocycles. The molecule has 3 heteroatoms. The van der Waals surface area contributed by atoms with Gasteiger partial charge < -0.3 is 10.2 Å². The predicted octanol–water partition coefficient (Wildman–Crippen LogP) is 2.59. The van der Waals surface area contributed by atoms with Gasteiger partial charge in [0.05, 0.1) is 0 Å². The monoisotopic (exact) mass is 256 g/mol. The average molecular weight is 256 g/mol. The number of hydrogen-bond donors (Lipinski definition) is 1. The van der Waals surface area contributed by atoms with Crippen LogP contribution in [0.4, 0.5) is 0 Å². The fraction of sp³-hybridized carbons (Fsp3) is 1.00. The van der Waals surface area contributed by atoms with E-state index in [1.54, 1.807) is 0 Å². The smallest absolute Gasteiger partial charge is 0.0170 e. The second kappa shape index (κ2) is 7.01. The van der Waals surface area contributed by atoms with Crippen LogP contribution in [0.3, 0.4) is 0 Å². The lowest BCUT2D eigenvalue weighted by molar-refractivity contribution is 0.165. The molecule has 0 spiro atoms. The van der Waals surface area contributed by atoms with E-state index in [9.17, 15) is 0 Å². The lowest BCUT2D eigenvalue weighted by Crippen LogP contribution is -2.42. The van der Waals surface area contributed by atoms with Crippen LogP contribution in [-0.2, 0) is 0 Å². The van der Waals surface area contributed by atoms with Crippen molar-refractivity contribution >= 4 is 11.8 Å². The van der Waals surface area contributed by atoms with E-state index in [4.69, 9.17) is 0 Å². The molecule has 100 valence electrons. The summed E-state index contributed by atoms with van der Waals surface area (Å²) in [6.07, 6.45) is 7.05. The summed E-state index contributed by atoms with van der Waals surface area (Å²) in [7, 11) is 2.33. The van der Waals surface area contributed by atoms with E-state index in [0.29, 0.717) is 0 Å². The maximum atomic E-state index is 3.64. The highest BCUT2D eigenvalue weighted by molar-refractivity contribution is 7.99. The number of hydrogen-bond acceptors (Lipinski definition) is 3. The summed E-state index contributed by atoms with van der Waals surface area (Å²) in [6.45, 7) is 4.89. The summed E-state index contributed by atoms with van der Waals surface area (Å²) in [6, 6.07) is 1.63. The third-order valence-corrected chi connectivity index (χ3v) is 5.57. The van der Waals surface area contributed by atoms with Gasteiger partial charge in [-0.1, -0.05) is 6.92 Å². The molecular formula is C14H28N2S. The molecule has 2 nitrogen and oxygen atoms in total. The maximum Gasteiger partial charge on any atom is 0.0170 e. The largest absolute Gasteiger partial charge is 0.312 e. The van der Waals surface area contributed by atoms with Gasteiger partial charge in [0.25, 0.3) is 0 Å². The Morgan fingerprint density at radius 3 is 2.65 bits per heavy atom. The minimum absolute atomic E-state index is 0.763. The van der Waals surface area contributed by atoms with Crippen molar-refractivity contribution in [2.45, 2.75) is 51.1 Å². The molecule has 0 radical (unpaired) electrons. The zero-order valence-electron chi connectivity index (χ0n) is 11.5. The fourth-order valence-corrected chi connectivity index (χ4v) is 4.03. The summed E-state index contributed by atoms with van der Waals surface area (Å²) in [5.74, 6) is 3.58.